The molecular weight excluding hydrogens is 442 g/mol. The number of β-amino-alcohol motifs (C(OH)–C–C–N with tert-alkyl or cyclic N) is 1. The molecule has 1 aliphatic heterocycles. The van der Waals surface area contributed by atoms with Gasteiger partial charge in [0.25, 0.3) is 0 Å². The number of likely N-dealkylation sites (tertiary alicyclic amines) is 1. The van der Waals surface area contributed by atoms with Gasteiger partial charge in [-0.25, -0.2) is 23.1 Å². The second-order valence-corrected chi connectivity index (χ2v) is 8.58. The normalized spacial score (nSPS) is 17.0. The molecule has 1 aromatic carbocycles. The maximum atomic E-state index is 14.7. The Hall–Kier alpha value is -3.57. The molecule has 0 spiro atoms. The summed E-state index contributed by atoms with van der Waals surface area (Å²) < 4.78 is 31.5. The Morgan fingerprint density at radius 1 is 1.09 bits per heavy atom. The van der Waals surface area contributed by atoms with Crippen molar-refractivity contribution in [2.45, 2.75) is 31.0 Å². The van der Waals surface area contributed by atoms with Gasteiger partial charge in [-0.05, 0) is 31.0 Å². The summed E-state index contributed by atoms with van der Waals surface area (Å²) in [5, 5.41) is 24.2. The van der Waals surface area contributed by atoms with E-state index >= 15 is 0 Å². The highest BCUT2D eigenvalue weighted by Gasteiger charge is 2.37. The lowest BCUT2D eigenvalue weighted by Crippen LogP contribution is -2.47. The quantitative estimate of drug-likeness (QED) is 0.447. The lowest BCUT2D eigenvalue weighted by molar-refractivity contribution is -0.0285. The first kappa shape index (κ1) is 22.2. The molecule has 9 nitrogen and oxygen atoms in total. The molecule has 1 unspecified atom stereocenters. The zero-order valence-corrected chi connectivity index (χ0v) is 18.4. The molecule has 0 amide bonds. The first-order chi connectivity index (χ1) is 16.5. The number of halogens is 2. The van der Waals surface area contributed by atoms with Crippen LogP contribution in [0.3, 0.4) is 0 Å². The third-order valence-electron chi connectivity index (χ3n) is 6.21. The van der Waals surface area contributed by atoms with Crippen LogP contribution in [-0.2, 0) is 12.1 Å². The van der Waals surface area contributed by atoms with Gasteiger partial charge in [-0.2, -0.15) is 5.10 Å². The maximum Gasteiger partial charge on any atom is 0.137 e. The molecule has 4 heterocycles. The Balaban J connectivity index is 1.29. The highest BCUT2D eigenvalue weighted by molar-refractivity contribution is 5.55. The minimum atomic E-state index is -1.61. The highest BCUT2D eigenvalue weighted by Crippen LogP contribution is 2.30. The van der Waals surface area contributed by atoms with E-state index in [2.05, 4.69) is 30.3 Å². The molecule has 0 saturated carbocycles. The molecule has 3 aromatic heterocycles. The number of piperidine rings is 1. The third-order valence-corrected chi connectivity index (χ3v) is 6.21. The van der Waals surface area contributed by atoms with Gasteiger partial charge in [0.05, 0.1) is 18.8 Å². The van der Waals surface area contributed by atoms with Crippen LogP contribution in [0, 0.1) is 11.6 Å². The molecule has 5 rings (SSSR count). The topological polar surface area (TPSA) is 97.8 Å². The molecule has 1 aliphatic rings. The number of rotatable bonds is 7. The van der Waals surface area contributed by atoms with Crippen molar-refractivity contribution < 1.29 is 13.9 Å². The molecule has 1 saturated heterocycles. The Morgan fingerprint density at radius 3 is 2.65 bits per heavy atom. The van der Waals surface area contributed by atoms with Gasteiger partial charge in [0.2, 0.25) is 0 Å². The van der Waals surface area contributed by atoms with Crippen molar-refractivity contribution in [3.8, 4) is 11.3 Å². The molecule has 34 heavy (non-hydrogen) atoms. The second-order valence-electron chi connectivity index (χ2n) is 8.58. The van der Waals surface area contributed by atoms with Crippen molar-refractivity contribution in [2.24, 2.45) is 0 Å². The van der Waals surface area contributed by atoms with Gasteiger partial charge in [0.1, 0.15) is 35.6 Å². The molecule has 0 radical (unpaired) electrons. The molecule has 4 aromatic rings. The number of pyridine rings is 1. The van der Waals surface area contributed by atoms with Gasteiger partial charge in [-0.3, -0.25) is 9.88 Å². The van der Waals surface area contributed by atoms with Crippen LogP contribution in [0.25, 0.3) is 11.3 Å². The molecule has 176 valence electrons. The molecule has 1 fully saturated rings. The van der Waals surface area contributed by atoms with Crippen molar-refractivity contribution in [3.63, 3.8) is 0 Å². The molecule has 11 heteroatoms. The summed E-state index contributed by atoms with van der Waals surface area (Å²) in [6, 6.07) is 7.20. The smallest absolute Gasteiger partial charge is 0.137 e. The Labute approximate surface area is 194 Å². The van der Waals surface area contributed by atoms with Gasteiger partial charge in [-0.15, -0.1) is 5.10 Å². The summed E-state index contributed by atoms with van der Waals surface area (Å²) in [6.07, 6.45) is 9.79. The first-order valence-electron chi connectivity index (χ1n) is 11.1. The van der Waals surface area contributed by atoms with E-state index in [1.54, 1.807) is 12.4 Å². The Bertz CT molecular complexity index is 1230. The summed E-state index contributed by atoms with van der Waals surface area (Å²) in [4.78, 5) is 10.1. The van der Waals surface area contributed by atoms with E-state index in [0.717, 1.165) is 36.2 Å². The lowest BCUT2D eigenvalue weighted by Gasteiger charge is -2.38. The number of nitrogens with zero attached hydrogens (tertiary/aromatic N) is 8. The van der Waals surface area contributed by atoms with E-state index < -0.39 is 17.2 Å². The Morgan fingerprint density at radius 2 is 1.94 bits per heavy atom. The van der Waals surface area contributed by atoms with E-state index in [1.807, 2.05) is 23.0 Å². The van der Waals surface area contributed by atoms with Crippen LogP contribution in [0.5, 0.6) is 0 Å². The zero-order chi connectivity index (χ0) is 23.5. The fourth-order valence-corrected chi connectivity index (χ4v) is 4.48. The van der Waals surface area contributed by atoms with Gasteiger partial charge < -0.3 is 5.11 Å². The standard InChI is InChI=1S/C23H24F2N8O/c24-18-3-4-20(21(25)10-18)23(34,14-32-16-27-15-28-32)13-31-8-5-19(6-9-31)33-12-22(29-30-33)17-2-1-7-26-11-17/h1-4,7,10-12,15-16,19,34H,5-6,8-9,13-14H2. The average Bonchev–Trinajstić information content (AvgIpc) is 3.52. The van der Waals surface area contributed by atoms with Crippen molar-refractivity contribution in [1.82, 2.24) is 39.6 Å². The third kappa shape index (κ3) is 4.70. The summed E-state index contributed by atoms with van der Waals surface area (Å²) in [5.74, 6) is -1.48. The maximum absolute atomic E-state index is 14.7. The largest absolute Gasteiger partial charge is 0.382 e. The van der Waals surface area contributed by atoms with Gasteiger partial charge in [-0.1, -0.05) is 11.3 Å². The van der Waals surface area contributed by atoms with Gasteiger partial charge in [0, 0.05) is 49.2 Å². The fraction of sp³-hybridized carbons (Fsp3) is 0.348. The summed E-state index contributed by atoms with van der Waals surface area (Å²) in [5.41, 5.74) is 0.0955. The van der Waals surface area contributed by atoms with E-state index in [0.29, 0.717) is 13.1 Å². The van der Waals surface area contributed by atoms with E-state index in [9.17, 15) is 13.9 Å². The number of hydrogen-bond acceptors (Lipinski definition) is 7. The van der Waals surface area contributed by atoms with E-state index in [-0.39, 0.29) is 24.7 Å². The van der Waals surface area contributed by atoms with Crippen LogP contribution in [0.2, 0.25) is 0 Å². The number of aromatic nitrogens is 7. The van der Waals surface area contributed by atoms with Crippen LogP contribution >= 0.6 is 0 Å². The second kappa shape index (κ2) is 9.35. The summed E-state index contributed by atoms with van der Waals surface area (Å²) >= 11 is 0. The molecular formula is C23H24F2N8O. The van der Waals surface area contributed by atoms with Crippen LogP contribution in [0.15, 0.2) is 61.6 Å². The van der Waals surface area contributed by atoms with Gasteiger partial charge in [0.15, 0.2) is 0 Å². The fourth-order valence-electron chi connectivity index (χ4n) is 4.48. The number of hydrogen-bond donors (Lipinski definition) is 1. The minimum absolute atomic E-state index is 0.00692. The summed E-state index contributed by atoms with van der Waals surface area (Å²) in [7, 11) is 0. The monoisotopic (exact) mass is 466 g/mol. The number of benzene rings is 1. The van der Waals surface area contributed by atoms with Crippen molar-refractivity contribution >= 4 is 0 Å². The highest BCUT2D eigenvalue weighted by atomic mass is 19.1. The predicted octanol–water partition coefficient (Wildman–Crippen LogP) is 2.43. The van der Waals surface area contributed by atoms with Crippen LogP contribution in [0.1, 0.15) is 24.4 Å². The minimum Gasteiger partial charge on any atom is -0.382 e. The summed E-state index contributed by atoms with van der Waals surface area (Å²) in [6.45, 7) is 1.51. The van der Waals surface area contributed by atoms with Crippen molar-refractivity contribution in [2.75, 3.05) is 19.6 Å². The van der Waals surface area contributed by atoms with Crippen molar-refractivity contribution in [3.05, 3.63) is 78.8 Å². The van der Waals surface area contributed by atoms with Crippen LogP contribution in [0.4, 0.5) is 8.78 Å². The van der Waals surface area contributed by atoms with Crippen LogP contribution in [-0.4, -0.2) is 64.4 Å². The predicted molar refractivity (Wildman–Crippen MR) is 118 cm³/mol. The van der Waals surface area contributed by atoms with E-state index in [4.69, 9.17) is 0 Å². The molecule has 1 atom stereocenters. The molecule has 0 bridgehead atoms. The first-order valence-corrected chi connectivity index (χ1v) is 11.1. The SMILES string of the molecule is OC(CN1CCC(n2cc(-c3cccnc3)nn2)CC1)(Cn1cncn1)c1ccc(F)cc1F. The van der Waals surface area contributed by atoms with E-state index in [1.165, 1.54) is 23.4 Å². The van der Waals surface area contributed by atoms with Gasteiger partial charge >= 0.3 is 0 Å². The Kier molecular flexibility index (Phi) is 6.12. The van der Waals surface area contributed by atoms with Crippen LogP contribution < -0.4 is 0 Å². The average molecular weight is 466 g/mol. The zero-order valence-electron chi connectivity index (χ0n) is 18.4. The molecule has 1 N–H and O–H groups in total. The van der Waals surface area contributed by atoms with Crippen molar-refractivity contribution in [1.29, 1.82) is 0 Å². The lowest BCUT2D eigenvalue weighted by atomic mass is 9.91. The number of aliphatic hydroxyl groups is 1. The molecule has 0 aliphatic carbocycles.